The van der Waals surface area contributed by atoms with Crippen LogP contribution in [0.3, 0.4) is 0 Å². The molecular weight excluding hydrogens is 341 g/mol. The fourth-order valence-corrected chi connectivity index (χ4v) is 2.49. The topological polar surface area (TPSA) is 84.1 Å². The Kier molecular flexibility index (Phi) is 5.28. The van der Waals surface area contributed by atoms with E-state index in [9.17, 15) is 9.59 Å². The second-order valence-corrected chi connectivity index (χ2v) is 6.01. The van der Waals surface area contributed by atoms with E-state index in [1.54, 1.807) is 0 Å². The van der Waals surface area contributed by atoms with Crippen molar-refractivity contribution in [1.82, 2.24) is 10.2 Å². The molecule has 23 heavy (non-hydrogen) atoms. The van der Waals surface area contributed by atoms with Crippen LogP contribution in [0.25, 0.3) is 0 Å². The smallest absolute Gasteiger partial charge is 0.264 e. The van der Waals surface area contributed by atoms with Crippen molar-refractivity contribution in [2.75, 3.05) is 5.32 Å². The Morgan fingerprint density at radius 2 is 1.87 bits per heavy atom. The molecule has 0 aliphatic heterocycles. The summed E-state index contributed by atoms with van der Waals surface area (Å²) in [6, 6.07) is 4.45. The second kappa shape index (κ2) is 7.02. The number of nitrogens with one attached hydrogen (secondary N) is 2. The summed E-state index contributed by atoms with van der Waals surface area (Å²) in [6.07, 6.45) is 0. The number of hydrogen-bond donors (Lipinski definition) is 2. The predicted molar refractivity (Wildman–Crippen MR) is 89.8 cm³/mol. The van der Waals surface area contributed by atoms with Gasteiger partial charge in [-0.2, -0.15) is 0 Å². The SMILES string of the molecule is CC(=O)Nc1cc(Cl)c(Oc2n[nH]c(=O)cc2C(C)C)c(Cl)c1. The fourth-order valence-electron chi connectivity index (χ4n) is 1.93. The van der Waals surface area contributed by atoms with Crippen LogP contribution < -0.4 is 15.6 Å². The molecule has 8 heteroatoms. The Morgan fingerprint density at radius 3 is 2.39 bits per heavy atom. The van der Waals surface area contributed by atoms with Gasteiger partial charge < -0.3 is 10.1 Å². The van der Waals surface area contributed by atoms with Crippen LogP contribution in [0.15, 0.2) is 23.0 Å². The number of carbonyl (C=O) groups is 1. The van der Waals surface area contributed by atoms with Gasteiger partial charge in [0.2, 0.25) is 11.8 Å². The van der Waals surface area contributed by atoms with Gasteiger partial charge in [-0.3, -0.25) is 9.59 Å². The van der Waals surface area contributed by atoms with Gasteiger partial charge in [-0.15, -0.1) is 5.10 Å². The van der Waals surface area contributed by atoms with Crippen molar-refractivity contribution < 1.29 is 9.53 Å². The predicted octanol–water partition coefficient (Wildman–Crippen LogP) is 3.95. The van der Waals surface area contributed by atoms with Gasteiger partial charge in [-0.1, -0.05) is 37.0 Å². The number of halogens is 2. The molecule has 0 radical (unpaired) electrons. The van der Waals surface area contributed by atoms with Crippen LogP contribution in [0.2, 0.25) is 10.0 Å². The number of benzene rings is 1. The average Bonchev–Trinajstić information content (AvgIpc) is 2.43. The molecule has 0 unspecified atom stereocenters. The fraction of sp³-hybridized carbons (Fsp3) is 0.267. The minimum Gasteiger partial charge on any atom is -0.434 e. The van der Waals surface area contributed by atoms with Crippen LogP contribution >= 0.6 is 23.2 Å². The number of carbonyl (C=O) groups excluding carboxylic acids is 1. The first-order chi connectivity index (χ1) is 10.8. The minimum atomic E-state index is -0.320. The van der Waals surface area contributed by atoms with Gasteiger partial charge in [0.05, 0.1) is 10.0 Å². The van der Waals surface area contributed by atoms with Crippen molar-refractivity contribution >= 4 is 34.8 Å². The molecule has 2 aromatic rings. The highest BCUT2D eigenvalue weighted by Crippen LogP contribution is 2.39. The Bertz CT molecular complexity index is 780. The van der Waals surface area contributed by atoms with Crippen molar-refractivity contribution in [2.45, 2.75) is 26.7 Å². The lowest BCUT2D eigenvalue weighted by Crippen LogP contribution is -2.11. The van der Waals surface area contributed by atoms with Crippen LogP contribution in [-0.4, -0.2) is 16.1 Å². The molecule has 2 rings (SSSR count). The number of hydrogen-bond acceptors (Lipinski definition) is 4. The van der Waals surface area contributed by atoms with Crippen molar-refractivity contribution in [3.05, 3.63) is 44.2 Å². The largest absolute Gasteiger partial charge is 0.434 e. The zero-order chi connectivity index (χ0) is 17.1. The van der Waals surface area contributed by atoms with Gasteiger partial charge in [0, 0.05) is 24.2 Å². The first-order valence-corrected chi connectivity index (χ1v) is 7.57. The highest BCUT2D eigenvalue weighted by Gasteiger charge is 2.16. The minimum absolute atomic E-state index is 0.0241. The summed E-state index contributed by atoms with van der Waals surface area (Å²) in [5.41, 5.74) is 0.768. The van der Waals surface area contributed by atoms with Gasteiger partial charge >= 0.3 is 0 Å². The molecule has 1 heterocycles. The third-order valence-corrected chi connectivity index (χ3v) is 3.50. The molecule has 0 bridgehead atoms. The lowest BCUT2D eigenvalue weighted by Gasteiger charge is -2.14. The summed E-state index contributed by atoms with van der Waals surface area (Å²) in [7, 11) is 0. The molecule has 1 aromatic heterocycles. The molecule has 122 valence electrons. The molecule has 2 N–H and O–H groups in total. The summed E-state index contributed by atoms with van der Waals surface area (Å²) in [5, 5.41) is 9.23. The number of aromatic nitrogens is 2. The normalized spacial score (nSPS) is 10.7. The molecule has 1 amide bonds. The van der Waals surface area contributed by atoms with E-state index < -0.39 is 0 Å². The molecule has 0 fully saturated rings. The van der Waals surface area contributed by atoms with Gasteiger partial charge in [0.25, 0.3) is 5.56 Å². The van der Waals surface area contributed by atoms with E-state index in [-0.39, 0.29) is 39.1 Å². The number of amides is 1. The standard InChI is InChI=1S/C15H15Cl2N3O3/c1-7(2)10-6-13(22)19-20-15(10)23-14-11(16)4-9(5-12(14)17)18-8(3)21/h4-7H,1-3H3,(H,18,21)(H,19,22). The number of anilines is 1. The monoisotopic (exact) mass is 355 g/mol. The number of ether oxygens (including phenoxy) is 1. The van der Waals surface area contributed by atoms with Crippen LogP contribution in [0.4, 0.5) is 5.69 Å². The molecule has 0 aliphatic rings. The van der Waals surface area contributed by atoms with Crippen LogP contribution in [0.5, 0.6) is 11.6 Å². The molecule has 1 aromatic carbocycles. The third-order valence-electron chi connectivity index (χ3n) is 2.94. The highest BCUT2D eigenvalue weighted by molar-refractivity contribution is 6.37. The number of rotatable bonds is 4. The molecule has 0 aliphatic carbocycles. The van der Waals surface area contributed by atoms with Crippen molar-refractivity contribution in [1.29, 1.82) is 0 Å². The molecule has 6 nitrogen and oxygen atoms in total. The van der Waals surface area contributed by atoms with Crippen LogP contribution in [-0.2, 0) is 4.79 Å². The highest BCUT2D eigenvalue weighted by atomic mass is 35.5. The molecule has 0 atom stereocenters. The van der Waals surface area contributed by atoms with E-state index in [1.807, 2.05) is 13.8 Å². The summed E-state index contributed by atoms with van der Waals surface area (Å²) in [5.74, 6) is 0.200. The Morgan fingerprint density at radius 1 is 1.26 bits per heavy atom. The third kappa shape index (κ3) is 4.24. The maximum absolute atomic E-state index is 11.4. The lowest BCUT2D eigenvalue weighted by molar-refractivity contribution is -0.114. The number of H-pyrrole nitrogens is 1. The van der Waals surface area contributed by atoms with E-state index in [0.29, 0.717) is 11.3 Å². The summed E-state index contributed by atoms with van der Waals surface area (Å²) >= 11 is 12.3. The van der Waals surface area contributed by atoms with Gasteiger partial charge in [-0.25, -0.2) is 5.10 Å². The van der Waals surface area contributed by atoms with Crippen molar-refractivity contribution in [3.8, 4) is 11.6 Å². The van der Waals surface area contributed by atoms with Crippen molar-refractivity contribution in [2.24, 2.45) is 0 Å². The summed E-state index contributed by atoms with van der Waals surface area (Å²) in [4.78, 5) is 22.5. The van der Waals surface area contributed by atoms with Gasteiger partial charge in [0.15, 0.2) is 5.75 Å². The van der Waals surface area contributed by atoms with E-state index in [1.165, 1.54) is 25.1 Å². The molecule has 0 saturated carbocycles. The lowest BCUT2D eigenvalue weighted by atomic mass is 10.1. The summed E-state index contributed by atoms with van der Waals surface area (Å²) in [6.45, 7) is 5.20. The summed E-state index contributed by atoms with van der Waals surface area (Å²) < 4.78 is 5.69. The quantitative estimate of drug-likeness (QED) is 0.869. The van der Waals surface area contributed by atoms with E-state index >= 15 is 0 Å². The Labute approximate surface area is 142 Å². The zero-order valence-electron chi connectivity index (χ0n) is 12.7. The van der Waals surface area contributed by atoms with Crippen LogP contribution in [0.1, 0.15) is 32.3 Å². The van der Waals surface area contributed by atoms with Gasteiger partial charge in [0.1, 0.15) is 0 Å². The number of aromatic amines is 1. The van der Waals surface area contributed by atoms with E-state index in [0.717, 1.165) is 0 Å². The maximum Gasteiger partial charge on any atom is 0.264 e. The Hall–Kier alpha value is -2.05. The first kappa shape index (κ1) is 17.3. The molecule has 0 saturated heterocycles. The average molecular weight is 356 g/mol. The van der Waals surface area contributed by atoms with Gasteiger partial charge in [-0.05, 0) is 18.1 Å². The van der Waals surface area contributed by atoms with Crippen LogP contribution in [0, 0.1) is 0 Å². The molecular formula is C15H15Cl2N3O3. The first-order valence-electron chi connectivity index (χ1n) is 6.82. The van der Waals surface area contributed by atoms with E-state index in [2.05, 4.69) is 15.5 Å². The van der Waals surface area contributed by atoms with E-state index in [4.69, 9.17) is 27.9 Å². The zero-order valence-corrected chi connectivity index (χ0v) is 14.2. The number of nitrogens with zero attached hydrogens (tertiary/aromatic N) is 1. The second-order valence-electron chi connectivity index (χ2n) is 5.20. The Balaban J connectivity index is 2.41. The molecule has 0 spiro atoms. The van der Waals surface area contributed by atoms with Crippen molar-refractivity contribution in [3.63, 3.8) is 0 Å². The maximum atomic E-state index is 11.4.